The van der Waals surface area contributed by atoms with Crippen LogP contribution in [0.3, 0.4) is 0 Å². The van der Waals surface area contributed by atoms with E-state index >= 15 is 0 Å². The van der Waals surface area contributed by atoms with Crippen LogP contribution in [0.5, 0.6) is 23.0 Å². The van der Waals surface area contributed by atoms with Crippen molar-refractivity contribution in [1.29, 1.82) is 0 Å². The van der Waals surface area contributed by atoms with Crippen molar-refractivity contribution in [2.45, 2.75) is 118 Å². The molecule has 1 N–H and O–H groups in total. The molecular weight excluding hydrogens is 1460 g/mol. The summed E-state index contributed by atoms with van der Waals surface area (Å²) < 4.78 is 57.9. The van der Waals surface area contributed by atoms with Crippen LogP contribution < -0.4 is 35.1 Å². The van der Waals surface area contributed by atoms with Crippen molar-refractivity contribution in [1.82, 2.24) is 20.2 Å². The number of Topliss-reactive ketones (excluding diaryl/α,β-unsaturated/α-hetero) is 1. The molecular formula is C84H79BN12O17. The second-order valence-electron chi connectivity index (χ2n) is 28.8. The molecule has 0 aromatic heterocycles. The van der Waals surface area contributed by atoms with E-state index in [0.717, 1.165) is 28.0 Å². The highest BCUT2D eigenvalue weighted by Gasteiger charge is 2.56. The minimum Gasteiger partial charge on any atom is -0.490 e. The highest BCUT2D eigenvalue weighted by molar-refractivity contribution is 6.62. The third-order valence-corrected chi connectivity index (χ3v) is 19.7. The lowest BCUT2D eigenvalue weighted by Gasteiger charge is -2.45. The molecule has 0 spiro atoms. The smallest absolute Gasteiger partial charge is 0.486 e. The Morgan fingerprint density at radius 1 is 0.579 bits per heavy atom. The van der Waals surface area contributed by atoms with Gasteiger partial charge < -0.3 is 62.3 Å². The zero-order valence-corrected chi connectivity index (χ0v) is 63.5. The number of azide groups is 2. The molecule has 0 unspecified atom stereocenters. The van der Waals surface area contributed by atoms with Crippen LogP contribution in [0.25, 0.3) is 71.5 Å². The molecule has 0 saturated carbocycles. The van der Waals surface area contributed by atoms with E-state index in [9.17, 15) is 33.6 Å². The number of allylic oxidation sites excluding steroid dienone is 1. The molecule has 6 aromatic rings. The maximum atomic E-state index is 13.3. The molecule has 6 aliphatic heterocycles. The van der Waals surface area contributed by atoms with Crippen molar-refractivity contribution in [2.24, 2.45) is 33.9 Å². The molecule has 114 heavy (non-hydrogen) atoms. The average molecular weight is 1540 g/mol. The molecule has 580 valence electrons. The van der Waals surface area contributed by atoms with Crippen LogP contribution in [0.2, 0.25) is 0 Å². The molecule has 6 heterocycles. The van der Waals surface area contributed by atoms with Gasteiger partial charge >= 0.3 is 24.8 Å². The van der Waals surface area contributed by atoms with Crippen LogP contribution in [0.15, 0.2) is 234 Å². The van der Waals surface area contributed by atoms with Crippen LogP contribution in [0, 0.1) is 23.7 Å². The second-order valence-corrected chi connectivity index (χ2v) is 28.8. The van der Waals surface area contributed by atoms with Gasteiger partial charge in [0.1, 0.15) is 90.8 Å². The summed E-state index contributed by atoms with van der Waals surface area (Å²) in [5.74, 6) is 2.63. The third-order valence-electron chi connectivity index (χ3n) is 19.7. The molecule has 4 atom stereocenters. The van der Waals surface area contributed by atoms with E-state index in [1.807, 2.05) is 152 Å². The lowest BCUT2D eigenvalue weighted by atomic mass is 9.78. The fourth-order valence-electron chi connectivity index (χ4n) is 13.1. The number of β-lactam (4-membered cyclic amide) rings is 2. The van der Waals surface area contributed by atoms with E-state index in [2.05, 4.69) is 40.1 Å². The highest BCUT2D eigenvalue weighted by atomic mass is 16.7. The molecule has 30 heteroatoms. The van der Waals surface area contributed by atoms with Crippen molar-refractivity contribution < 1.29 is 75.3 Å². The van der Waals surface area contributed by atoms with Crippen molar-refractivity contribution in [2.75, 3.05) is 13.2 Å². The number of esters is 2. The number of hydrogen-bond donors (Lipinski definition) is 1. The normalized spacial score (nSPS) is 17.0. The van der Waals surface area contributed by atoms with Gasteiger partial charge in [-0.05, 0) is 164 Å². The Bertz CT molecular complexity index is 5550. The zero-order chi connectivity index (χ0) is 80.8. The van der Waals surface area contributed by atoms with Crippen molar-refractivity contribution >= 4 is 75.9 Å². The topological polar surface area (TPSA) is 395 Å². The number of ether oxygens (including phenoxy) is 6. The third kappa shape index (κ3) is 19.4. The van der Waals surface area contributed by atoms with Gasteiger partial charge in [-0.3, -0.25) is 24.0 Å². The van der Waals surface area contributed by atoms with Gasteiger partial charge in [0.05, 0.1) is 29.1 Å². The van der Waals surface area contributed by atoms with E-state index in [0.29, 0.717) is 106 Å². The molecule has 2 amide bonds. The lowest BCUT2D eigenvalue weighted by molar-refractivity contribution is -0.159. The Labute approximate surface area is 653 Å². The predicted octanol–water partition coefficient (Wildman–Crippen LogP) is 15.1. The summed E-state index contributed by atoms with van der Waals surface area (Å²) >= 11 is 0. The predicted molar refractivity (Wildman–Crippen MR) is 420 cm³/mol. The Morgan fingerprint density at radius 2 is 1.04 bits per heavy atom. The first kappa shape index (κ1) is 80.0. The van der Waals surface area contributed by atoms with E-state index in [4.69, 9.17) is 63.2 Å². The van der Waals surface area contributed by atoms with Gasteiger partial charge in [0.25, 0.3) is 5.78 Å². The summed E-state index contributed by atoms with van der Waals surface area (Å²) in [6.07, 6.45) is 5.98. The number of fused-ring (bicyclic) bond motifs is 5. The molecule has 8 aliphatic rings. The van der Waals surface area contributed by atoms with Gasteiger partial charge in [0, 0.05) is 57.9 Å². The number of amides is 2. The molecule has 0 bridgehead atoms. The van der Waals surface area contributed by atoms with E-state index in [1.165, 1.54) is 24.3 Å². The van der Waals surface area contributed by atoms with E-state index in [1.54, 1.807) is 77.7 Å². The minimum absolute atomic E-state index is 0.0114. The first-order valence-corrected chi connectivity index (χ1v) is 36.6. The fraction of sp³-hybridized carbons (Fsp3) is 0.286. The highest BCUT2D eigenvalue weighted by Crippen LogP contribution is 2.46. The largest absolute Gasteiger partial charge is 0.490 e. The maximum absolute atomic E-state index is 13.3. The number of carbonyl (C=O) groups excluding carboxylic acids is 5. The van der Waals surface area contributed by atoms with Gasteiger partial charge in [-0.2, -0.15) is 4.79 Å². The molecule has 0 radical (unpaired) electrons. The fourth-order valence-corrected chi connectivity index (χ4v) is 13.1. The number of nitrogens with one attached hydrogen (secondary N) is 1. The first-order valence-electron chi connectivity index (χ1n) is 36.6. The maximum Gasteiger partial charge on any atom is 0.486 e. The van der Waals surface area contributed by atoms with Gasteiger partial charge in [-0.25, -0.2) is 19.6 Å². The summed E-state index contributed by atoms with van der Waals surface area (Å²) in [4.78, 5) is 104. The Hall–Kier alpha value is -13.5. The number of aromatic nitrogens is 2. The quantitative estimate of drug-likeness (QED) is 0.00575. The van der Waals surface area contributed by atoms with E-state index < -0.39 is 29.5 Å². The Balaban J connectivity index is 0.000000167. The molecule has 3 fully saturated rings. The van der Waals surface area contributed by atoms with Crippen molar-refractivity contribution in [3.8, 4) is 45.9 Å². The van der Waals surface area contributed by atoms with Crippen LogP contribution in [0.4, 0.5) is 11.4 Å². The number of nitrogens with zero attached hydrogens (tertiary/aromatic N) is 11. The standard InChI is InChI=1S/C39H33N5O7.C28H28BNO6.C17H18N6O4/c1-23(2)36-33-18-26(37(44(33)38(36)46)39(47)50-22-24-5-9-27(10-6-24)42-43-40)4-3-17-48-29-12-7-25(8-13-29)21-49-30-14-16-32-35(20-30)51-34-19-28(45)11-15-31(34)41-32;1-27(2)28(3,4)36-29(35-27)14-5-15-32-21-9-6-19(7-10-21)18-33-22-11-13-24-26(17-22)34-25-16-20(31)8-12-23(25)30-24;1-9(2)14-12(20-16(14)25)7-13(24)15(21-18)17(26)27-8-10-3-5-11(6-4-10)22-23-19/h3-16,19-20,23,33,36H,17-18,21-22H2,1-2H3;5-14,16-17H,15,18H2,1-4H3;3-6,9,12,14H,7-8H2,1-2H3,(H,20,25)/b4-3+;14-5+;/t33-,36-;;12-,14-/m1.1/s1. The average Bonchev–Trinajstić information content (AvgIpc) is 1.56. The van der Waals surface area contributed by atoms with Gasteiger partial charge in [0.2, 0.25) is 11.8 Å². The van der Waals surface area contributed by atoms with Crippen molar-refractivity contribution in [3.05, 3.63) is 274 Å². The van der Waals surface area contributed by atoms with Gasteiger partial charge in [-0.1, -0.05) is 129 Å². The molecule has 29 nitrogen and oxygen atoms in total. The van der Waals surface area contributed by atoms with Crippen LogP contribution in [0.1, 0.15) is 90.5 Å². The summed E-state index contributed by atoms with van der Waals surface area (Å²) in [6, 6.07) is 47.7. The minimum atomic E-state index is -1.06. The number of benzene rings is 8. The summed E-state index contributed by atoms with van der Waals surface area (Å²) in [5, 5.41) is 9.58. The monoisotopic (exact) mass is 1540 g/mol. The molecule has 2 aliphatic carbocycles. The van der Waals surface area contributed by atoms with Crippen LogP contribution in [-0.2, 0) is 69.2 Å². The Morgan fingerprint density at radius 3 is 1.52 bits per heavy atom. The molecule has 3 saturated heterocycles. The van der Waals surface area contributed by atoms with Crippen LogP contribution in [-0.4, -0.2) is 98.5 Å². The van der Waals surface area contributed by atoms with E-state index in [-0.39, 0.29) is 103 Å². The van der Waals surface area contributed by atoms with Gasteiger partial charge in [0.15, 0.2) is 33.5 Å². The lowest BCUT2D eigenvalue weighted by Crippen LogP contribution is -2.61. The number of hydrogen-bond acceptors (Lipinski definition) is 21. The Kier molecular flexibility index (Phi) is 25.1. The summed E-state index contributed by atoms with van der Waals surface area (Å²) in [5.41, 5.74) is 33.1. The first-order chi connectivity index (χ1) is 54.8. The number of carbonyl (C=O) groups is 5. The SMILES string of the molecule is CC(C)[C@H]1C(=O)N2C(C(=O)OCc3ccc(N=[N+]=[N-])cc3)=C(/C=C/COc3ccc(COc4ccc5nc6ccc(=O)cc-6oc5c4)cc3)C[C@H]12.CC(C)[C@H]1C(=O)N[C@@H]1CC(=O)C(=[N+]=[N-])C(=O)OCc1ccc(N=[N+]=[N-])cc1.CC1(C)OB(/C=C/COc2ccc(COc3ccc4nc5ccc(=O)cc-5oc4c3)cc2)OC1(C)C. The zero-order valence-electron chi connectivity index (χ0n) is 63.5. The summed E-state index contributed by atoms with van der Waals surface area (Å²) in [7, 11) is -0.375. The number of rotatable bonds is 27. The second kappa shape index (κ2) is 35.7. The molecule has 14 rings (SSSR count). The van der Waals surface area contributed by atoms with Crippen molar-refractivity contribution in [3.63, 3.8) is 0 Å². The number of ketones is 1. The molecule has 6 aromatic carbocycles. The van der Waals surface area contributed by atoms with Gasteiger partial charge in [-0.15, -0.1) is 0 Å². The summed E-state index contributed by atoms with van der Waals surface area (Å²) in [6.45, 7) is 17.1. The van der Waals surface area contributed by atoms with Crippen LogP contribution >= 0.6 is 0 Å².